The molecular weight excluding hydrogens is 613 g/mol. The first-order valence-corrected chi connectivity index (χ1v) is 17.0. The predicted molar refractivity (Wildman–Crippen MR) is 206 cm³/mol. The van der Waals surface area contributed by atoms with E-state index in [1.54, 1.807) is 0 Å². The van der Waals surface area contributed by atoms with Crippen LogP contribution in [0.3, 0.4) is 0 Å². The van der Waals surface area contributed by atoms with E-state index in [0.29, 0.717) is 0 Å². The number of amidine groups is 1. The fraction of sp³-hybridized carbons (Fsp3) is 0.0455. The zero-order chi connectivity index (χ0) is 33.0. The number of hydrogen-bond donors (Lipinski definition) is 2. The van der Waals surface area contributed by atoms with E-state index in [2.05, 4.69) is 159 Å². The molecule has 2 unspecified atom stereocenters. The van der Waals surface area contributed by atoms with Crippen LogP contribution < -0.4 is 10.6 Å². The van der Waals surface area contributed by atoms with Crippen LogP contribution in [-0.4, -0.2) is 21.2 Å². The highest BCUT2D eigenvalue weighted by atomic mass is 15.3. The summed E-state index contributed by atoms with van der Waals surface area (Å²) in [6.45, 7) is 0. The number of hydrogen-bond acceptors (Lipinski definition) is 4. The quantitative estimate of drug-likeness (QED) is 0.201. The van der Waals surface area contributed by atoms with Crippen molar-refractivity contribution in [3.8, 4) is 5.69 Å². The molecule has 2 aliphatic heterocycles. The molecule has 0 amide bonds. The van der Waals surface area contributed by atoms with Gasteiger partial charge in [0.05, 0.1) is 22.1 Å². The van der Waals surface area contributed by atoms with Gasteiger partial charge in [-0.25, -0.2) is 4.99 Å². The fourth-order valence-corrected chi connectivity index (χ4v) is 7.57. The summed E-state index contributed by atoms with van der Waals surface area (Å²) >= 11 is 0. The van der Waals surface area contributed by atoms with Crippen molar-refractivity contribution in [2.45, 2.75) is 12.3 Å². The van der Waals surface area contributed by atoms with E-state index in [0.717, 1.165) is 39.6 Å². The lowest BCUT2D eigenvalue weighted by molar-refractivity contribution is 0.579. The Balaban J connectivity index is 1.14. The molecule has 2 aliphatic rings. The Kier molecular flexibility index (Phi) is 6.52. The average Bonchev–Trinajstić information content (AvgIpc) is 3.72. The van der Waals surface area contributed by atoms with Crippen LogP contribution in [0.15, 0.2) is 185 Å². The van der Waals surface area contributed by atoms with Crippen molar-refractivity contribution in [1.29, 1.82) is 0 Å². The predicted octanol–water partition coefficient (Wildman–Crippen LogP) is 9.58. The Morgan fingerprint density at radius 1 is 0.560 bits per heavy atom. The third-order valence-electron chi connectivity index (χ3n) is 9.83. The molecule has 6 heteroatoms. The highest BCUT2D eigenvalue weighted by molar-refractivity contribution is 6.23. The number of aromatic nitrogens is 2. The molecule has 0 bridgehead atoms. The van der Waals surface area contributed by atoms with Gasteiger partial charge in [-0.3, -0.25) is 4.99 Å². The number of dihydropyridines is 1. The molecule has 6 aromatic carbocycles. The molecule has 0 spiro atoms. The normalized spacial score (nSPS) is 18.8. The highest BCUT2D eigenvalue weighted by Crippen LogP contribution is 2.42. The molecular formula is C44H32N6. The Hall–Kier alpha value is -6.66. The van der Waals surface area contributed by atoms with Crippen molar-refractivity contribution in [3.05, 3.63) is 186 Å². The number of para-hydroxylation sites is 3. The first-order valence-electron chi connectivity index (χ1n) is 17.0. The lowest BCUT2D eigenvalue weighted by atomic mass is 10.1. The van der Waals surface area contributed by atoms with Gasteiger partial charge in [0, 0.05) is 44.6 Å². The Bertz CT molecular complexity index is 2680. The number of nitrogens with zero attached hydrogens (tertiary/aromatic N) is 4. The molecule has 4 heterocycles. The van der Waals surface area contributed by atoms with E-state index < -0.39 is 0 Å². The third-order valence-corrected chi connectivity index (χ3v) is 9.83. The SMILES string of the molecule is C1=CC(n2c3ccccc3c3ccc4c5ccccc5n(-c5ccccc5)c4c32)N=CC1=C1NC(c2ccccc2)=NC(c2ccccc2)N1. The van der Waals surface area contributed by atoms with E-state index in [1.807, 2.05) is 30.5 Å². The van der Waals surface area contributed by atoms with E-state index >= 15 is 0 Å². The van der Waals surface area contributed by atoms with Gasteiger partial charge in [-0.05, 0) is 42.0 Å². The number of nitrogens with one attached hydrogen (secondary N) is 2. The summed E-state index contributed by atoms with van der Waals surface area (Å²) in [7, 11) is 0. The Morgan fingerprint density at radius 2 is 1.18 bits per heavy atom. The third kappa shape index (κ3) is 4.49. The Labute approximate surface area is 289 Å². The summed E-state index contributed by atoms with van der Waals surface area (Å²) in [6.07, 6.45) is 5.89. The van der Waals surface area contributed by atoms with E-state index in [-0.39, 0.29) is 12.3 Å². The minimum Gasteiger partial charge on any atom is -0.346 e. The van der Waals surface area contributed by atoms with Gasteiger partial charge >= 0.3 is 0 Å². The molecule has 0 saturated carbocycles. The number of aliphatic imine (C=N–C) groups is 2. The van der Waals surface area contributed by atoms with Gasteiger partial charge < -0.3 is 19.8 Å². The van der Waals surface area contributed by atoms with E-state index in [1.165, 1.54) is 38.1 Å². The average molecular weight is 645 g/mol. The Morgan fingerprint density at radius 3 is 1.90 bits per heavy atom. The summed E-state index contributed by atoms with van der Waals surface area (Å²) in [5.41, 5.74) is 8.92. The van der Waals surface area contributed by atoms with Gasteiger partial charge in [-0.15, -0.1) is 0 Å². The molecule has 238 valence electrons. The van der Waals surface area contributed by atoms with E-state index in [9.17, 15) is 0 Å². The summed E-state index contributed by atoms with van der Waals surface area (Å²) < 4.78 is 4.82. The second kappa shape index (κ2) is 11.5. The molecule has 10 rings (SSSR count). The first-order chi connectivity index (χ1) is 24.8. The molecule has 2 N–H and O–H groups in total. The number of rotatable bonds is 4. The molecule has 50 heavy (non-hydrogen) atoms. The zero-order valence-electron chi connectivity index (χ0n) is 27.1. The summed E-state index contributed by atoms with van der Waals surface area (Å²) in [5, 5.41) is 12.1. The largest absolute Gasteiger partial charge is 0.346 e. The number of benzene rings is 6. The monoisotopic (exact) mass is 644 g/mol. The van der Waals surface area contributed by atoms with Crippen LogP contribution in [0, 0.1) is 0 Å². The van der Waals surface area contributed by atoms with Crippen molar-refractivity contribution < 1.29 is 0 Å². The van der Waals surface area contributed by atoms with Crippen LogP contribution in [0.2, 0.25) is 0 Å². The van der Waals surface area contributed by atoms with Gasteiger partial charge in [0.2, 0.25) is 0 Å². The van der Waals surface area contributed by atoms with Gasteiger partial charge in [-0.1, -0.05) is 127 Å². The molecule has 6 nitrogen and oxygen atoms in total. The van der Waals surface area contributed by atoms with Gasteiger partial charge in [0.25, 0.3) is 0 Å². The van der Waals surface area contributed by atoms with Crippen LogP contribution in [0.4, 0.5) is 0 Å². The molecule has 0 aliphatic carbocycles. The van der Waals surface area contributed by atoms with Crippen LogP contribution >= 0.6 is 0 Å². The molecule has 0 fully saturated rings. The molecule has 2 atom stereocenters. The summed E-state index contributed by atoms with van der Waals surface area (Å²) in [5.74, 6) is 1.70. The summed E-state index contributed by atoms with van der Waals surface area (Å²) in [4.78, 5) is 10.3. The van der Waals surface area contributed by atoms with Crippen LogP contribution in [0.1, 0.15) is 23.5 Å². The van der Waals surface area contributed by atoms with Gasteiger partial charge in [0.1, 0.15) is 24.0 Å². The maximum absolute atomic E-state index is 5.25. The van der Waals surface area contributed by atoms with Crippen molar-refractivity contribution in [3.63, 3.8) is 0 Å². The minimum atomic E-state index is -0.245. The second-order valence-corrected chi connectivity index (χ2v) is 12.7. The van der Waals surface area contributed by atoms with Gasteiger partial charge in [0.15, 0.2) is 0 Å². The lowest BCUT2D eigenvalue weighted by Gasteiger charge is -2.29. The maximum atomic E-state index is 5.25. The highest BCUT2D eigenvalue weighted by Gasteiger charge is 2.25. The number of fused-ring (bicyclic) bond motifs is 7. The molecule has 0 radical (unpaired) electrons. The van der Waals surface area contributed by atoms with Crippen LogP contribution in [0.5, 0.6) is 0 Å². The van der Waals surface area contributed by atoms with Crippen molar-refractivity contribution >= 4 is 55.7 Å². The van der Waals surface area contributed by atoms with Crippen LogP contribution in [0.25, 0.3) is 49.3 Å². The van der Waals surface area contributed by atoms with E-state index in [4.69, 9.17) is 9.98 Å². The minimum absolute atomic E-state index is 0.236. The van der Waals surface area contributed by atoms with Crippen molar-refractivity contribution in [2.24, 2.45) is 9.98 Å². The topological polar surface area (TPSA) is 58.6 Å². The van der Waals surface area contributed by atoms with Crippen LogP contribution in [-0.2, 0) is 0 Å². The first kappa shape index (κ1) is 28.4. The van der Waals surface area contributed by atoms with Gasteiger partial charge in [-0.2, -0.15) is 0 Å². The summed E-state index contributed by atoms with van der Waals surface area (Å²) in [6, 6.07) is 53.3. The second-order valence-electron chi connectivity index (χ2n) is 12.7. The molecule has 8 aromatic rings. The fourth-order valence-electron chi connectivity index (χ4n) is 7.57. The standard InChI is InChI=1S/C44H32N6/c1-4-14-29(15-5-1)42-46-43(30-16-6-2-7-17-30)48-44(47-42)31-24-27-39(45-28-31)50-38-23-13-11-21-34(38)36-26-25-35-33-20-10-12-22-37(33)49(40(35)41(36)50)32-18-8-3-9-19-32/h1-28,39,42,47H,(H,46,48). The van der Waals surface area contributed by atoms with Crippen molar-refractivity contribution in [1.82, 2.24) is 19.8 Å². The molecule has 2 aromatic heterocycles. The van der Waals surface area contributed by atoms with Crippen molar-refractivity contribution in [2.75, 3.05) is 0 Å². The number of allylic oxidation sites excluding steroid dienone is 2. The zero-order valence-corrected chi connectivity index (χ0v) is 27.1. The maximum Gasteiger partial charge on any atom is 0.148 e. The molecule has 0 saturated heterocycles. The smallest absolute Gasteiger partial charge is 0.148 e. The lowest BCUT2D eigenvalue weighted by Crippen LogP contribution is -2.41.